The van der Waals surface area contributed by atoms with Crippen molar-refractivity contribution < 1.29 is 52.6 Å². The van der Waals surface area contributed by atoms with Crippen molar-refractivity contribution in [3.63, 3.8) is 0 Å². The SMILES string of the molecule is C=c1c2cccc(OCCNCCOCCCCCC(=O)Nc3cccc(CS(=C)(=O)N4CCC(Nc5cccc(-c6sc(C(=O)O)c(OCC(=O)O)c6Cl)c5)CC4)c3)c2c(=C)n1C1CCC(=O)NC1=O. The van der Waals surface area contributed by atoms with Crippen LogP contribution in [0.5, 0.6) is 11.5 Å². The van der Waals surface area contributed by atoms with Crippen molar-refractivity contribution in [3.8, 4) is 21.9 Å². The molecule has 0 spiro atoms. The van der Waals surface area contributed by atoms with Gasteiger partial charge in [-0.2, -0.15) is 0 Å². The summed E-state index contributed by atoms with van der Waals surface area (Å²) >= 11 is 7.41. The van der Waals surface area contributed by atoms with Crippen LogP contribution in [0, 0.1) is 0 Å². The molecule has 6 N–H and O–H groups in total. The normalized spacial score (nSPS) is 16.3. The van der Waals surface area contributed by atoms with Gasteiger partial charge in [0.15, 0.2) is 17.2 Å². The first-order valence-electron chi connectivity index (χ1n) is 23.4. The van der Waals surface area contributed by atoms with Crippen molar-refractivity contribution >= 4 is 103 Å². The first-order valence-corrected chi connectivity index (χ1v) is 26.5. The zero-order chi connectivity index (χ0) is 50.7. The third kappa shape index (κ3) is 13.6. The molecule has 3 amide bonds. The molecule has 0 radical (unpaired) electrons. The molecule has 2 aliphatic heterocycles. The van der Waals surface area contributed by atoms with E-state index in [2.05, 4.69) is 40.3 Å². The van der Waals surface area contributed by atoms with Gasteiger partial charge >= 0.3 is 11.9 Å². The Morgan fingerprint density at radius 3 is 2.39 bits per heavy atom. The van der Waals surface area contributed by atoms with E-state index >= 15 is 0 Å². The number of benzene rings is 3. The van der Waals surface area contributed by atoms with Crippen LogP contribution in [0.15, 0.2) is 66.7 Å². The fraction of sp³-hybridized carbons (Fsp3) is 0.373. The van der Waals surface area contributed by atoms with Crippen LogP contribution < -0.4 is 41.4 Å². The number of ether oxygens (including phenoxy) is 3. The summed E-state index contributed by atoms with van der Waals surface area (Å²) in [5, 5.41) is 33.9. The van der Waals surface area contributed by atoms with Gasteiger partial charge in [0.1, 0.15) is 23.4 Å². The average Bonchev–Trinajstić information content (AvgIpc) is 3.80. The van der Waals surface area contributed by atoms with E-state index in [0.717, 1.165) is 46.2 Å². The summed E-state index contributed by atoms with van der Waals surface area (Å²) in [5.74, 6) is 1.60. The van der Waals surface area contributed by atoms with Gasteiger partial charge in [0.2, 0.25) is 17.7 Å². The highest BCUT2D eigenvalue weighted by Gasteiger charge is 2.30. The Kier molecular flexibility index (Phi) is 18.0. The van der Waals surface area contributed by atoms with Crippen LogP contribution in [0.25, 0.3) is 34.4 Å². The molecule has 71 heavy (non-hydrogen) atoms. The third-order valence-electron chi connectivity index (χ3n) is 12.2. The summed E-state index contributed by atoms with van der Waals surface area (Å²) in [5.41, 5.74) is 2.89. The number of aromatic carboxylic acids is 1. The highest BCUT2D eigenvalue weighted by atomic mass is 35.5. The first kappa shape index (κ1) is 52.6. The summed E-state index contributed by atoms with van der Waals surface area (Å²) in [6, 6.07) is 19.9. The number of anilines is 2. The van der Waals surface area contributed by atoms with Gasteiger partial charge in [-0.15, -0.1) is 11.3 Å². The molecule has 2 unspecified atom stereocenters. The topological polar surface area (TPSA) is 227 Å². The number of carbonyl (C=O) groups excluding carboxylic acids is 3. The molecule has 5 aromatic rings. The second-order valence-corrected chi connectivity index (χ2v) is 21.2. The van der Waals surface area contributed by atoms with E-state index in [1.807, 2.05) is 65.0 Å². The van der Waals surface area contributed by atoms with E-state index in [9.17, 15) is 33.3 Å². The smallest absolute Gasteiger partial charge is 0.349 e. The molecule has 0 saturated carbocycles. The predicted octanol–water partition coefficient (Wildman–Crippen LogP) is 5.88. The van der Waals surface area contributed by atoms with E-state index in [1.165, 1.54) is 0 Å². The zero-order valence-corrected chi connectivity index (χ0v) is 41.7. The Balaban J connectivity index is 0.760. The monoisotopic (exact) mass is 1030 g/mol. The number of aliphatic carboxylic acids is 1. The number of hydrogen-bond donors (Lipinski definition) is 6. The van der Waals surface area contributed by atoms with Gasteiger partial charge in [-0.25, -0.2) is 13.9 Å². The number of carbonyl (C=O) groups is 5. The number of carboxylic acids is 2. The van der Waals surface area contributed by atoms with Crippen molar-refractivity contribution in [2.75, 3.05) is 63.2 Å². The molecule has 2 aliphatic rings. The molecule has 2 aromatic heterocycles. The Hall–Kier alpha value is -6.22. The maximum atomic E-state index is 14.0. The molecule has 0 bridgehead atoms. The minimum absolute atomic E-state index is 0.0338. The second-order valence-electron chi connectivity index (χ2n) is 17.4. The number of thiophene rings is 1. The van der Waals surface area contributed by atoms with Gasteiger partial charge in [-0.1, -0.05) is 67.6 Å². The first-order chi connectivity index (χ1) is 34.1. The zero-order valence-electron chi connectivity index (χ0n) is 39.3. The largest absolute Gasteiger partial charge is 0.492 e. The predicted molar refractivity (Wildman–Crippen MR) is 278 cm³/mol. The number of amides is 3. The molecule has 2 saturated heterocycles. The molecule has 3 aromatic carbocycles. The number of unbranched alkanes of at least 4 members (excludes halogenated alkanes) is 2. The van der Waals surface area contributed by atoms with Crippen molar-refractivity contribution in [1.29, 1.82) is 0 Å². The van der Waals surface area contributed by atoms with E-state index in [0.29, 0.717) is 111 Å². The minimum atomic E-state index is -2.66. The molecule has 2 atom stereocenters. The molecule has 0 aliphatic carbocycles. The Morgan fingerprint density at radius 2 is 1.63 bits per heavy atom. The van der Waals surface area contributed by atoms with E-state index in [1.54, 1.807) is 10.6 Å². The number of aromatic nitrogens is 1. The van der Waals surface area contributed by atoms with Crippen LogP contribution in [0.4, 0.5) is 11.4 Å². The maximum absolute atomic E-state index is 14.0. The van der Waals surface area contributed by atoms with Crippen molar-refractivity contribution in [2.24, 2.45) is 0 Å². The fourth-order valence-corrected chi connectivity index (χ4v) is 12.0. The van der Waals surface area contributed by atoms with Gasteiger partial charge in [0.25, 0.3) is 0 Å². The number of halogens is 1. The molecule has 7 rings (SSSR count). The number of hydrogen-bond acceptors (Lipinski definition) is 12. The average molecular weight is 1030 g/mol. The van der Waals surface area contributed by atoms with Crippen LogP contribution in [0.2, 0.25) is 5.02 Å². The van der Waals surface area contributed by atoms with E-state index < -0.39 is 34.3 Å². The molecule has 17 nitrogen and oxygen atoms in total. The highest BCUT2D eigenvalue weighted by molar-refractivity contribution is 7.97. The van der Waals surface area contributed by atoms with Crippen LogP contribution in [-0.2, 0) is 39.4 Å². The summed E-state index contributed by atoms with van der Waals surface area (Å²) in [6.07, 6.45) is 4.80. The molecule has 20 heteroatoms. The number of piperidine rings is 2. The highest BCUT2D eigenvalue weighted by Crippen LogP contribution is 2.46. The number of fused-ring (bicyclic) bond motifs is 1. The lowest BCUT2D eigenvalue weighted by atomic mass is 10.1. The lowest BCUT2D eigenvalue weighted by Gasteiger charge is -2.34. The summed E-state index contributed by atoms with van der Waals surface area (Å²) in [7, 11) is -2.66. The van der Waals surface area contributed by atoms with Gasteiger partial charge in [0.05, 0.1) is 17.2 Å². The lowest BCUT2D eigenvalue weighted by molar-refractivity contribution is -0.139. The maximum Gasteiger partial charge on any atom is 0.349 e. The summed E-state index contributed by atoms with van der Waals surface area (Å²) in [6.45, 7) is 11.6. The van der Waals surface area contributed by atoms with Crippen molar-refractivity contribution in [1.82, 2.24) is 19.5 Å². The molecule has 4 heterocycles. The molecular weight excluding hydrogens is 972 g/mol. The number of rotatable bonds is 25. The van der Waals surface area contributed by atoms with E-state index in [4.69, 9.17) is 30.9 Å². The van der Waals surface area contributed by atoms with Crippen LogP contribution in [-0.4, -0.2) is 117 Å². The van der Waals surface area contributed by atoms with Gasteiger partial charge in [-0.05, 0) is 79.4 Å². The number of carboxylic acid groups (broad SMARTS) is 2. The van der Waals surface area contributed by atoms with Crippen molar-refractivity contribution in [3.05, 3.63) is 92.9 Å². The second kappa shape index (κ2) is 24.3. The van der Waals surface area contributed by atoms with Crippen LogP contribution in [0.3, 0.4) is 0 Å². The molecule has 378 valence electrons. The minimum Gasteiger partial charge on any atom is -0.492 e. The molecule has 2 fully saturated rings. The summed E-state index contributed by atoms with van der Waals surface area (Å²) < 4.78 is 34.8. The number of imide groups is 1. The molecular formula is C51H59ClN6O11S2. The van der Waals surface area contributed by atoms with Crippen molar-refractivity contribution in [2.45, 2.75) is 69.2 Å². The van der Waals surface area contributed by atoms with Gasteiger partial charge in [0, 0.05) is 94.2 Å². The quantitative estimate of drug-likeness (QED) is 0.0229. The Morgan fingerprint density at radius 1 is 0.887 bits per heavy atom. The Labute approximate surface area is 420 Å². The van der Waals surface area contributed by atoms with E-state index in [-0.39, 0.29) is 51.6 Å². The number of nitrogens with zero attached hydrogens (tertiary/aromatic N) is 2. The summed E-state index contributed by atoms with van der Waals surface area (Å²) in [4.78, 5) is 60.3. The number of nitrogens with one attached hydrogen (secondary N) is 4. The third-order valence-corrected chi connectivity index (χ3v) is 16.0. The van der Waals surface area contributed by atoms with Crippen LogP contribution in [0.1, 0.15) is 72.6 Å². The van der Waals surface area contributed by atoms with Gasteiger partial charge < -0.3 is 44.9 Å². The standard InChI is InChI=1S/C51H59ClN6O11S2/c1-32-39-14-9-15-41(45(39)33(2)58(32)40-17-18-43(60)56-50(40)63)68-27-22-53-21-26-67-25-6-4-5-16-42(59)55-37-12-7-10-34(28-37)31-71(3,66)57-23-19-36(20-24-57)54-38-13-8-11-35(29-38)48-46(52)47(69-30-44(61)62)49(70-48)51(64)65/h7-15,28-29,36,40,53-54H,1-6,16-27,30-31H2,(H,55,59)(H,61,62)(H,64,65)(H,56,60,63). The fourth-order valence-electron chi connectivity index (χ4n) is 8.80. The van der Waals surface area contributed by atoms with Gasteiger partial charge in [-0.3, -0.25) is 23.9 Å². The van der Waals surface area contributed by atoms with Crippen LogP contribution >= 0.6 is 22.9 Å². The Bertz CT molecular complexity index is 2990. The lowest BCUT2D eigenvalue weighted by Crippen LogP contribution is -2.46.